The Morgan fingerprint density at radius 1 is 0.651 bits per heavy atom. The molecular formula is C30H33ClN4O7S. The number of phenolic OH excluding ortho intramolecular Hbond substituents is 2. The average molecular weight is 629 g/mol. The van der Waals surface area contributed by atoms with Crippen molar-refractivity contribution < 1.29 is 34.5 Å². The molecule has 0 saturated heterocycles. The summed E-state index contributed by atoms with van der Waals surface area (Å²) in [7, 11) is 0. The number of phenols is 2. The average Bonchev–Trinajstić information content (AvgIpc) is 2.98. The zero-order chi connectivity index (χ0) is 31.5. The number of amides is 3. The van der Waals surface area contributed by atoms with Gasteiger partial charge in [0.15, 0.2) is 0 Å². The van der Waals surface area contributed by atoms with Gasteiger partial charge in [-0.25, -0.2) is 4.79 Å². The Bertz CT molecular complexity index is 1410. The highest BCUT2D eigenvalue weighted by Gasteiger charge is 2.30. The Morgan fingerprint density at radius 3 is 1.53 bits per heavy atom. The lowest BCUT2D eigenvalue weighted by Gasteiger charge is -2.25. The summed E-state index contributed by atoms with van der Waals surface area (Å²) >= 11 is 10.1. The summed E-state index contributed by atoms with van der Waals surface area (Å²) in [6.45, 7) is 0. The first-order valence-electron chi connectivity index (χ1n) is 13.3. The van der Waals surface area contributed by atoms with E-state index in [-0.39, 0.29) is 36.5 Å². The van der Waals surface area contributed by atoms with Gasteiger partial charge in [-0.3, -0.25) is 14.4 Å². The summed E-state index contributed by atoms with van der Waals surface area (Å²) < 4.78 is 0. The Hall–Kier alpha value is -4.26. The molecule has 0 aliphatic heterocycles. The number of halogens is 1. The number of benzene rings is 3. The van der Waals surface area contributed by atoms with Gasteiger partial charge in [-0.2, -0.15) is 12.6 Å². The standard InChI is InChI=1S/C30H33ClN4O7S/c31-20-7-1-17(2-8-20)13-23(32)27(38)35-26(16-43)29(40)33-24(14-18-3-9-21(36)10-4-18)28(39)34-25(30(41)42)15-19-5-11-22(37)12-6-19/h1-12,23-26,36-37,43H,13-16,32H2,(H,33,40)(H,34,39)(H,35,38)(H,41,42)/t23-,24-,25+,26+/m0/s1. The van der Waals surface area contributed by atoms with Gasteiger partial charge in [0.05, 0.1) is 6.04 Å². The molecule has 43 heavy (non-hydrogen) atoms. The van der Waals surface area contributed by atoms with Gasteiger partial charge in [0.25, 0.3) is 0 Å². The lowest BCUT2D eigenvalue weighted by atomic mass is 10.0. The van der Waals surface area contributed by atoms with Crippen molar-refractivity contribution in [3.05, 3.63) is 94.5 Å². The largest absolute Gasteiger partial charge is 0.508 e. The fourth-order valence-corrected chi connectivity index (χ4v) is 4.51. The maximum Gasteiger partial charge on any atom is 0.326 e. The van der Waals surface area contributed by atoms with E-state index >= 15 is 0 Å². The Morgan fingerprint density at radius 2 is 1.05 bits per heavy atom. The number of hydrogen-bond donors (Lipinski definition) is 8. The third kappa shape index (κ3) is 10.5. The predicted molar refractivity (Wildman–Crippen MR) is 164 cm³/mol. The van der Waals surface area contributed by atoms with Crippen molar-refractivity contribution in [2.75, 3.05) is 5.75 Å². The monoisotopic (exact) mass is 628 g/mol. The van der Waals surface area contributed by atoms with E-state index in [1.165, 1.54) is 36.4 Å². The van der Waals surface area contributed by atoms with Crippen LogP contribution < -0.4 is 21.7 Å². The van der Waals surface area contributed by atoms with Gasteiger partial charge in [-0.15, -0.1) is 0 Å². The Kier molecular flexibility index (Phi) is 12.2. The van der Waals surface area contributed by atoms with Crippen molar-refractivity contribution in [1.29, 1.82) is 0 Å². The van der Waals surface area contributed by atoms with Crippen LogP contribution in [0.2, 0.25) is 5.02 Å². The molecule has 0 heterocycles. The number of aliphatic carboxylic acids is 1. The number of thiol groups is 1. The molecule has 8 N–H and O–H groups in total. The molecule has 11 nitrogen and oxygen atoms in total. The first-order chi connectivity index (χ1) is 20.4. The molecule has 4 atom stereocenters. The van der Waals surface area contributed by atoms with E-state index in [0.29, 0.717) is 16.1 Å². The van der Waals surface area contributed by atoms with E-state index in [2.05, 4.69) is 28.6 Å². The lowest BCUT2D eigenvalue weighted by Crippen LogP contribution is -2.58. The van der Waals surface area contributed by atoms with Crippen molar-refractivity contribution >= 4 is 47.9 Å². The predicted octanol–water partition coefficient (Wildman–Crippen LogP) is 1.58. The maximum atomic E-state index is 13.4. The minimum absolute atomic E-state index is 0.00131. The molecule has 0 aromatic heterocycles. The number of rotatable bonds is 14. The molecule has 0 aliphatic carbocycles. The van der Waals surface area contributed by atoms with Crippen molar-refractivity contribution in [2.45, 2.75) is 43.4 Å². The number of carboxylic acids is 1. The van der Waals surface area contributed by atoms with E-state index in [4.69, 9.17) is 17.3 Å². The number of nitrogens with one attached hydrogen (secondary N) is 3. The molecule has 0 unspecified atom stereocenters. The third-order valence-corrected chi connectivity index (χ3v) is 7.14. The second kappa shape index (κ2) is 15.8. The molecule has 0 bridgehead atoms. The van der Waals surface area contributed by atoms with Gasteiger partial charge in [0.2, 0.25) is 17.7 Å². The van der Waals surface area contributed by atoms with Crippen LogP contribution in [0.15, 0.2) is 72.8 Å². The van der Waals surface area contributed by atoms with E-state index in [0.717, 1.165) is 5.56 Å². The molecule has 3 rings (SSSR count). The summed E-state index contributed by atoms with van der Waals surface area (Å²) in [4.78, 5) is 51.4. The van der Waals surface area contributed by atoms with E-state index in [1.54, 1.807) is 36.4 Å². The molecule has 3 amide bonds. The van der Waals surface area contributed by atoms with Crippen LogP contribution in [-0.4, -0.2) is 68.9 Å². The Labute approximate surface area is 258 Å². The quantitative estimate of drug-likeness (QED) is 0.123. The smallest absolute Gasteiger partial charge is 0.326 e. The first kappa shape index (κ1) is 33.2. The summed E-state index contributed by atoms with van der Waals surface area (Å²) in [5, 5.41) is 37.0. The van der Waals surface area contributed by atoms with Gasteiger partial charge < -0.3 is 37.0 Å². The summed E-state index contributed by atoms with van der Waals surface area (Å²) in [6.07, 6.45) is 0.0577. The van der Waals surface area contributed by atoms with Crippen LogP contribution in [0.1, 0.15) is 16.7 Å². The summed E-state index contributed by atoms with van der Waals surface area (Å²) in [5.74, 6) is -3.52. The maximum absolute atomic E-state index is 13.4. The van der Waals surface area contributed by atoms with Crippen LogP contribution in [-0.2, 0) is 38.4 Å². The van der Waals surface area contributed by atoms with Gasteiger partial charge >= 0.3 is 5.97 Å². The van der Waals surface area contributed by atoms with Crippen molar-refractivity contribution in [2.24, 2.45) is 5.73 Å². The lowest BCUT2D eigenvalue weighted by molar-refractivity contribution is -0.142. The molecule has 0 radical (unpaired) electrons. The highest BCUT2D eigenvalue weighted by atomic mass is 35.5. The molecule has 0 aliphatic rings. The fraction of sp³-hybridized carbons (Fsp3) is 0.267. The van der Waals surface area contributed by atoms with Crippen LogP contribution in [0, 0.1) is 0 Å². The van der Waals surface area contributed by atoms with Crippen LogP contribution in [0.4, 0.5) is 0 Å². The minimum Gasteiger partial charge on any atom is -0.508 e. The third-order valence-electron chi connectivity index (χ3n) is 6.52. The van der Waals surface area contributed by atoms with Crippen LogP contribution in [0.3, 0.4) is 0 Å². The van der Waals surface area contributed by atoms with E-state index < -0.39 is 47.9 Å². The van der Waals surface area contributed by atoms with Gasteiger partial charge in [-0.05, 0) is 59.5 Å². The molecule has 0 fully saturated rings. The van der Waals surface area contributed by atoms with E-state index in [9.17, 15) is 34.5 Å². The van der Waals surface area contributed by atoms with Crippen molar-refractivity contribution in [3.8, 4) is 11.5 Å². The van der Waals surface area contributed by atoms with Crippen LogP contribution in [0.25, 0.3) is 0 Å². The van der Waals surface area contributed by atoms with Gasteiger partial charge in [-0.1, -0.05) is 48.0 Å². The molecular weight excluding hydrogens is 596 g/mol. The fourth-order valence-electron chi connectivity index (χ4n) is 4.13. The number of carbonyl (C=O) groups is 4. The highest BCUT2D eigenvalue weighted by molar-refractivity contribution is 7.80. The topological polar surface area (TPSA) is 191 Å². The van der Waals surface area contributed by atoms with E-state index in [1.807, 2.05) is 0 Å². The summed E-state index contributed by atoms with van der Waals surface area (Å²) in [6, 6.07) is 13.9. The molecule has 0 spiro atoms. The minimum atomic E-state index is -1.34. The SMILES string of the molecule is N[C@@H](Cc1ccc(Cl)cc1)C(=O)N[C@H](CS)C(=O)N[C@@H](Cc1ccc(O)cc1)C(=O)N[C@H](Cc1ccc(O)cc1)C(=O)O. The molecule has 0 saturated carbocycles. The number of carbonyl (C=O) groups excluding carboxylic acids is 3. The Balaban J connectivity index is 1.72. The van der Waals surface area contributed by atoms with Gasteiger partial charge in [0, 0.05) is 23.6 Å². The number of hydrogen-bond acceptors (Lipinski definition) is 8. The van der Waals surface area contributed by atoms with Crippen molar-refractivity contribution in [3.63, 3.8) is 0 Å². The zero-order valence-electron chi connectivity index (χ0n) is 22.9. The number of aromatic hydroxyl groups is 2. The second-order valence-corrected chi connectivity index (χ2v) is 10.7. The van der Waals surface area contributed by atoms with Crippen LogP contribution >= 0.6 is 24.2 Å². The number of carboxylic acid groups (broad SMARTS) is 1. The summed E-state index contributed by atoms with van der Waals surface area (Å²) in [5.41, 5.74) is 7.94. The number of nitrogens with two attached hydrogens (primary N) is 1. The highest BCUT2D eigenvalue weighted by Crippen LogP contribution is 2.14. The molecule has 3 aromatic carbocycles. The van der Waals surface area contributed by atoms with Crippen molar-refractivity contribution in [1.82, 2.24) is 16.0 Å². The second-order valence-electron chi connectivity index (χ2n) is 9.88. The first-order valence-corrected chi connectivity index (χ1v) is 14.3. The molecule has 3 aromatic rings. The molecule has 13 heteroatoms. The normalized spacial score (nSPS) is 13.7. The van der Waals surface area contributed by atoms with Gasteiger partial charge in [0.1, 0.15) is 29.6 Å². The van der Waals surface area contributed by atoms with Crippen LogP contribution in [0.5, 0.6) is 11.5 Å². The molecule has 228 valence electrons. The zero-order valence-corrected chi connectivity index (χ0v) is 24.6.